The normalized spacial score (nSPS) is 19.3. The molecular weight excluding hydrogens is 374 g/mol. The van der Waals surface area contributed by atoms with Crippen LogP contribution in [-0.4, -0.2) is 33.0 Å². The molecule has 164 valence electrons. The molecule has 4 heteroatoms. The molecule has 30 heavy (non-hydrogen) atoms. The van der Waals surface area contributed by atoms with Crippen LogP contribution in [0.2, 0.25) is 0 Å². The van der Waals surface area contributed by atoms with E-state index in [9.17, 15) is 0 Å². The summed E-state index contributed by atoms with van der Waals surface area (Å²) < 4.78 is 16.7. The summed E-state index contributed by atoms with van der Waals surface area (Å²) in [5.74, 6) is 2.92. The van der Waals surface area contributed by atoms with Gasteiger partial charge in [0.15, 0.2) is 11.5 Å². The Morgan fingerprint density at radius 3 is 2.50 bits per heavy atom. The van der Waals surface area contributed by atoms with Crippen LogP contribution in [0, 0.1) is 11.8 Å². The van der Waals surface area contributed by atoms with Crippen LogP contribution < -0.4 is 14.8 Å². The highest BCUT2D eigenvalue weighted by molar-refractivity contribution is 5.42. The van der Waals surface area contributed by atoms with E-state index >= 15 is 0 Å². The lowest BCUT2D eigenvalue weighted by molar-refractivity contribution is -0.0830. The highest BCUT2D eigenvalue weighted by Gasteiger charge is 2.33. The van der Waals surface area contributed by atoms with Crippen LogP contribution in [0.5, 0.6) is 11.5 Å². The highest BCUT2D eigenvalue weighted by atomic mass is 16.5. The molecule has 0 bridgehead atoms. The van der Waals surface area contributed by atoms with Crippen molar-refractivity contribution in [2.24, 2.45) is 11.8 Å². The fourth-order valence-corrected chi connectivity index (χ4v) is 4.61. The van der Waals surface area contributed by atoms with E-state index in [0.717, 1.165) is 50.5 Å². The van der Waals surface area contributed by atoms with Gasteiger partial charge in [0.1, 0.15) is 0 Å². The van der Waals surface area contributed by atoms with E-state index < -0.39 is 0 Å². The molecule has 4 nitrogen and oxygen atoms in total. The SMILES string of the molecule is COc1ccc(CNCC[C@H](Cc2ccccc2)[C@H]2CCOC(C)(C)C2)cc1OC. The number of hydrogen-bond acceptors (Lipinski definition) is 4. The maximum Gasteiger partial charge on any atom is 0.161 e. The molecule has 1 aliphatic heterocycles. The molecule has 2 aromatic carbocycles. The first-order valence-corrected chi connectivity index (χ1v) is 11.1. The largest absolute Gasteiger partial charge is 0.493 e. The molecule has 1 N–H and O–H groups in total. The fourth-order valence-electron chi connectivity index (χ4n) is 4.61. The van der Waals surface area contributed by atoms with Gasteiger partial charge in [0.05, 0.1) is 19.8 Å². The molecule has 0 aliphatic carbocycles. The molecule has 0 unspecified atom stereocenters. The Hall–Kier alpha value is -2.04. The fraction of sp³-hybridized carbons (Fsp3) is 0.538. The molecule has 3 rings (SSSR count). The van der Waals surface area contributed by atoms with Gasteiger partial charge in [-0.15, -0.1) is 0 Å². The van der Waals surface area contributed by atoms with Crippen LogP contribution in [0.1, 0.15) is 44.2 Å². The van der Waals surface area contributed by atoms with Crippen LogP contribution in [-0.2, 0) is 17.7 Å². The molecule has 2 aromatic rings. The summed E-state index contributed by atoms with van der Waals surface area (Å²) in [7, 11) is 3.35. The van der Waals surface area contributed by atoms with Crippen molar-refractivity contribution in [2.45, 2.75) is 51.7 Å². The molecule has 0 aromatic heterocycles. The first-order valence-electron chi connectivity index (χ1n) is 11.1. The average molecular weight is 412 g/mol. The Balaban J connectivity index is 1.58. The quantitative estimate of drug-likeness (QED) is 0.542. The zero-order chi connectivity index (χ0) is 21.4. The zero-order valence-electron chi connectivity index (χ0n) is 18.9. The van der Waals surface area contributed by atoms with Crippen LogP contribution in [0.15, 0.2) is 48.5 Å². The van der Waals surface area contributed by atoms with Gasteiger partial charge in [-0.3, -0.25) is 0 Å². The summed E-state index contributed by atoms with van der Waals surface area (Å²) in [6.45, 7) is 7.17. The molecule has 0 radical (unpaired) electrons. The molecule has 0 amide bonds. The number of ether oxygens (including phenoxy) is 3. The summed E-state index contributed by atoms with van der Waals surface area (Å²) in [5.41, 5.74) is 2.64. The Labute approximate surface area is 181 Å². The van der Waals surface area contributed by atoms with E-state index in [2.05, 4.69) is 55.6 Å². The number of hydrogen-bond donors (Lipinski definition) is 1. The van der Waals surface area contributed by atoms with Gasteiger partial charge < -0.3 is 19.5 Å². The van der Waals surface area contributed by atoms with Gasteiger partial charge >= 0.3 is 0 Å². The van der Waals surface area contributed by atoms with Crippen molar-refractivity contribution in [2.75, 3.05) is 27.4 Å². The highest BCUT2D eigenvalue weighted by Crippen LogP contribution is 2.36. The number of benzene rings is 2. The predicted molar refractivity (Wildman–Crippen MR) is 122 cm³/mol. The van der Waals surface area contributed by atoms with Gasteiger partial charge in [-0.05, 0) is 81.2 Å². The third-order valence-electron chi connectivity index (χ3n) is 6.21. The summed E-state index contributed by atoms with van der Waals surface area (Å²) in [4.78, 5) is 0. The Morgan fingerprint density at radius 2 is 1.80 bits per heavy atom. The molecule has 0 spiro atoms. The van der Waals surface area contributed by atoms with Gasteiger partial charge in [0.25, 0.3) is 0 Å². The predicted octanol–water partition coefficient (Wildman–Crippen LogP) is 5.25. The zero-order valence-corrected chi connectivity index (χ0v) is 18.9. The number of methoxy groups -OCH3 is 2. The molecule has 1 saturated heterocycles. The lowest BCUT2D eigenvalue weighted by atomic mass is 9.75. The smallest absolute Gasteiger partial charge is 0.161 e. The Kier molecular flexibility index (Phi) is 8.17. The van der Waals surface area contributed by atoms with E-state index in [1.807, 2.05) is 12.1 Å². The van der Waals surface area contributed by atoms with Crippen molar-refractivity contribution >= 4 is 0 Å². The molecule has 0 saturated carbocycles. The van der Waals surface area contributed by atoms with Gasteiger partial charge in [-0.25, -0.2) is 0 Å². The van der Waals surface area contributed by atoms with Gasteiger partial charge in [-0.2, -0.15) is 0 Å². The van der Waals surface area contributed by atoms with Gasteiger partial charge in [-0.1, -0.05) is 36.4 Å². The standard InChI is InChI=1S/C26H37NO3/c1-26(2)18-23(13-15-30-26)22(16-20-8-6-5-7-9-20)12-14-27-19-21-10-11-24(28-3)25(17-21)29-4/h5-11,17,22-23,27H,12-16,18-19H2,1-4H3/t22-,23+/m1/s1. The Morgan fingerprint density at radius 1 is 1.03 bits per heavy atom. The molecule has 1 heterocycles. The van der Waals surface area contributed by atoms with Gasteiger partial charge in [0.2, 0.25) is 0 Å². The number of nitrogens with one attached hydrogen (secondary N) is 1. The van der Waals surface area contributed by atoms with Crippen molar-refractivity contribution in [3.8, 4) is 11.5 Å². The topological polar surface area (TPSA) is 39.7 Å². The lowest BCUT2D eigenvalue weighted by Gasteiger charge is -2.39. The molecular formula is C26H37NO3. The second-order valence-corrected chi connectivity index (χ2v) is 8.97. The van der Waals surface area contributed by atoms with Crippen molar-refractivity contribution in [3.05, 3.63) is 59.7 Å². The summed E-state index contributed by atoms with van der Waals surface area (Å²) in [5, 5.41) is 3.64. The molecule has 1 fully saturated rings. The second kappa shape index (κ2) is 10.8. The van der Waals surface area contributed by atoms with Gasteiger partial charge in [0, 0.05) is 13.2 Å². The van der Waals surface area contributed by atoms with E-state index in [0.29, 0.717) is 11.8 Å². The van der Waals surface area contributed by atoms with Crippen molar-refractivity contribution in [3.63, 3.8) is 0 Å². The van der Waals surface area contributed by atoms with Crippen LogP contribution >= 0.6 is 0 Å². The minimum atomic E-state index is -0.00900. The van der Waals surface area contributed by atoms with Crippen LogP contribution in [0.3, 0.4) is 0 Å². The summed E-state index contributed by atoms with van der Waals surface area (Å²) in [6.07, 6.45) is 4.61. The monoisotopic (exact) mass is 411 g/mol. The molecule has 1 aliphatic rings. The van der Waals surface area contributed by atoms with Crippen molar-refractivity contribution in [1.29, 1.82) is 0 Å². The van der Waals surface area contributed by atoms with E-state index in [4.69, 9.17) is 14.2 Å². The van der Waals surface area contributed by atoms with Crippen LogP contribution in [0.4, 0.5) is 0 Å². The van der Waals surface area contributed by atoms with E-state index in [1.54, 1.807) is 14.2 Å². The maximum atomic E-state index is 5.98. The van der Waals surface area contributed by atoms with Crippen LogP contribution in [0.25, 0.3) is 0 Å². The first-order chi connectivity index (χ1) is 14.5. The second-order valence-electron chi connectivity index (χ2n) is 8.97. The summed E-state index contributed by atoms with van der Waals surface area (Å²) in [6, 6.07) is 17.0. The average Bonchev–Trinajstić information content (AvgIpc) is 2.75. The van der Waals surface area contributed by atoms with Crippen molar-refractivity contribution in [1.82, 2.24) is 5.32 Å². The lowest BCUT2D eigenvalue weighted by Crippen LogP contribution is -2.38. The minimum Gasteiger partial charge on any atom is -0.493 e. The van der Waals surface area contributed by atoms with E-state index in [-0.39, 0.29) is 5.60 Å². The van der Waals surface area contributed by atoms with E-state index in [1.165, 1.54) is 17.5 Å². The minimum absolute atomic E-state index is 0.00900. The first kappa shape index (κ1) is 22.6. The molecule has 2 atom stereocenters. The Bertz CT molecular complexity index is 775. The third-order valence-corrected chi connectivity index (χ3v) is 6.21. The van der Waals surface area contributed by atoms with Crippen molar-refractivity contribution < 1.29 is 14.2 Å². The maximum absolute atomic E-state index is 5.98. The third kappa shape index (κ3) is 6.48. The number of rotatable bonds is 10. The summed E-state index contributed by atoms with van der Waals surface area (Å²) >= 11 is 0.